The number of para-hydroxylation sites is 2. The molecule has 12 rings (SSSR count). The number of aliphatic imine (C=N–C) groups is 2. The predicted octanol–water partition coefficient (Wildman–Crippen LogP) is 7.69. The Balaban J connectivity index is 0.000000148. The summed E-state index contributed by atoms with van der Waals surface area (Å²) in [5, 5.41) is 13.3. The molecule has 2 saturated heterocycles. The van der Waals surface area contributed by atoms with Crippen LogP contribution in [-0.4, -0.2) is 137 Å². The normalized spacial score (nSPS) is 15.5. The van der Waals surface area contributed by atoms with E-state index < -0.39 is 23.3 Å². The Labute approximate surface area is 462 Å². The Kier molecular flexibility index (Phi) is 16.8. The van der Waals surface area contributed by atoms with E-state index in [4.69, 9.17) is 21.3 Å². The topological polar surface area (TPSA) is 183 Å². The molecule has 0 unspecified atom stereocenters. The van der Waals surface area contributed by atoms with Crippen LogP contribution in [0.3, 0.4) is 0 Å². The number of aryl methyl sites for hydroxylation is 1. The van der Waals surface area contributed by atoms with Gasteiger partial charge in [0.15, 0.2) is 17.5 Å². The number of amides is 2. The summed E-state index contributed by atoms with van der Waals surface area (Å²) in [6, 6.07) is 28.3. The highest BCUT2D eigenvalue weighted by Gasteiger charge is 2.28. The fourth-order valence-electron chi connectivity index (χ4n) is 9.24. The van der Waals surface area contributed by atoms with Gasteiger partial charge in [-0.3, -0.25) is 20.0 Å². The minimum absolute atomic E-state index is 0.105. The largest absolute Gasteiger partial charge is 0.497 e. The number of hydrogen-bond donors (Lipinski definition) is 3. The molecule has 412 valence electrons. The van der Waals surface area contributed by atoms with Crippen LogP contribution in [0.4, 0.5) is 41.0 Å². The SMILES string of the molecule is COc1cc(F)c(CC(=O)N2CCNCC2)c(F)c1.Cc1cc(F)c(CC(=O)N2CCN(c3nc(Nc4cn(-c5ccccc5)cn4)c4cccn4n3)CC2)c(F)c1.ClC1=NC(=Nc2cn(-c3ccccc3)cn2)C2=CCCN2N1. The highest BCUT2D eigenvalue weighted by Crippen LogP contribution is 2.26. The molecule has 80 heavy (non-hydrogen) atoms. The van der Waals surface area contributed by atoms with Gasteiger partial charge in [0.2, 0.25) is 23.1 Å². The van der Waals surface area contributed by atoms with Crippen LogP contribution in [0.5, 0.6) is 5.75 Å². The number of rotatable bonds is 11. The molecule has 0 aliphatic carbocycles. The van der Waals surface area contributed by atoms with Gasteiger partial charge >= 0.3 is 0 Å². The van der Waals surface area contributed by atoms with E-state index in [2.05, 4.69) is 47.2 Å². The molecule has 4 aromatic heterocycles. The van der Waals surface area contributed by atoms with Gasteiger partial charge in [-0.2, -0.15) is 9.98 Å². The second-order valence-electron chi connectivity index (χ2n) is 18.8. The molecule has 2 fully saturated rings. The first-order valence-electron chi connectivity index (χ1n) is 25.7. The maximum absolute atomic E-state index is 14.3. The molecule has 0 bridgehead atoms. The predicted molar refractivity (Wildman–Crippen MR) is 296 cm³/mol. The van der Waals surface area contributed by atoms with E-state index >= 15 is 0 Å². The van der Waals surface area contributed by atoms with E-state index in [9.17, 15) is 27.2 Å². The van der Waals surface area contributed by atoms with Crippen molar-refractivity contribution in [3.05, 3.63) is 180 Å². The van der Waals surface area contributed by atoms with Crippen LogP contribution in [0.1, 0.15) is 23.1 Å². The van der Waals surface area contributed by atoms with Crippen molar-refractivity contribution in [2.24, 2.45) is 9.98 Å². The van der Waals surface area contributed by atoms with Crippen molar-refractivity contribution in [1.82, 2.24) is 59.3 Å². The van der Waals surface area contributed by atoms with Gasteiger partial charge < -0.3 is 39.2 Å². The molecular formula is C56H55ClF4N16O3. The minimum atomic E-state index is -0.750. The van der Waals surface area contributed by atoms with Crippen LogP contribution in [-0.2, 0) is 22.4 Å². The van der Waals surface area contributed by atoms with Gasteiger partial charge in [0.05, 0.1) is 38.0 Å². The van der Waals surface area contributed by atoms with Gasteiger partial charge in [-0.1, -0.05) is 42.5 Å². The standard InChI is InChI=1S/C28H26F2N8O.C15H13ClN6.C13H16F2N2O2/c1-19-14-22(29)21(23(30)15-19)16-26(39)35-10-12-36(13-11-35)28-33-27(24-8-5-9-38(24)34-28)32-25-17-37(18-31-25)20-6-3-2-4-7-20;16-15-19-14(12-7-4-8-22(12)20-15)18-13-9-21(10-17-13)11-5-2-1-3-6-11;1-19-9-6-11(14)10(12(15)7-9)8-13(18)17-4-2-16-3-5-17/h2-9,14-15,17-18H,10-13,16H2,1H3,(H,32,33,34);1-3,5-7,9-10H,4,8H2,(H,18,19,20);6-7,16H,2-5,8H2,1H3. The van der Waals surface area contributed by atoms with Crippen LogP contribution in [0, 0.1) is 30.2 Å². The summed E-state index contributed by atoms with van der Waals surface area (Å²) in [5.41, 5.74) is 6.85. The number of halogens is 5. The molecule has 8 aromatic rings. The average molecular weight is 1110 g/mol. The third-order valence-corrected chi connectivity index (χ3v) is 13.6. The number of hydrogen-bond acceptors (Lipinski definition) is 13. The van der Waals surface area contributed by atoms with E-state index in [1.807, 2.05) is 110 Å². The number of amidine groups is 2. The number of hydrazine groups is 1. The molecule has 4 aliphatic heterocycles. The molecule has 2 amide bonds. The summed E-state index contributed by atoms with van der Waals surface area (Å²) >= 11 is 6.01. The lowest BCUT2D eigenvalue weighted by atomic mass is 10.1. The van der Waals surface area contributed by atoms with E-state index in [1.54, 1.807) is 33.9 Å². The quantitative estimate of drug-likeness (QED) is 0.0850. The fraction of sp³-hybridized carbons (Fsp3) is 0.250. The van der Waals surface area contributed by atoms with Gasteiger partial charge in [-0.15, -0.1) is 5.10 Å². The Bertz CT molecular complexity index is 3550. The van der Waals surface area contributed by atoms with Gasteiger partial charge in [-0.05, 0) is 79.0 Å². The van der Waals surface area contributed by atoms with Crippen molar-refractivity contribution < 1.29 is 31.9 Å². The smallest absolute Gasteiger partial charge is 0.245 e. The molecule has 0 atom stereocenters. The molecule has 0 saturated carbocycles. The lowest BCUT2D eigenvalue weighted by molar-refractivity contribution is -0.131. The first-order chi connectivity index (χ1) is 38.8. The first-order valence-corrected chi connectivity index (χ1v) is 26.1. The van der Waals surface area contributed by atoms with Crippen molar-refractivity contribution in [3.63, 3.8) is 0 Å². The van der Waals surface area contributed by atoms with Crippen molar-refractivity contribution in [1.29, 1.82) is 0 Å². The molecule has 0 spiro atoms. The first kappa shape index (κ1) is 54.3. The van der Waals surface area contributed by atoms with E-state index in [0.29, 0.717) is 92.5 Å². The molecule has 24 heteroatoms. The third-order valence-electron chi connectivity index (χ3n) is 13.4. The Hall–Kier alpha value is -9.09. The summed E-state index contributed by atoms with van der Waals surface area (Å²) in [4.78, 5) is 52.4. The van der Waals surface area contributed by atoms with Crippen LogP contribution in [0.25, 0.3) is 16.9 Å². The average Bonchev–Trinajstić information content (AvgIpc) is 4.34. The van der Waals surface area contributed by atoms with Gasteiger partial charge in [-0.25, -0.2) is 37.0 Å². The molecule has 8 heterocycles. The number of methoxy groups -OCH3 is 1. The lowest BCUT2D eigenvalue weighted by Gasteiger charge is -2.35. The molecular weight excluding hydrogens is 1060 g/mol. The van der Waals surface area contributed by atoms with Gasteiger partial charge in [0.1, 0.15) is 53.0 Å². The van der Waals surface area contributed by atoms with E-state index in [0.717, 1.165) is 47.7 Å². The molecule has 0 radical (unpaired) electrons. The summed E-state index contributed by atoms with van der Waals surface area (Å²) in [6.45, 7) is 6.78. The summed E-state index contributed by atoms with van der Waals surface area (Å²) in [6.07, 6.45) is 11.5. The zero-order chi connectivity index (χ0) is 55.7. The van der Waals surface area contributed by atoms with Crippen molar-refractivity contribution in [2.75, 3.05) is 76.2 Å². The molecule has 4 aliphatic rings. The maximum Gasteiger partial charge on any atom is 0.245 e. The Morgan fingerprint density at radius 3 is 1.98 bits per heavy atom. The maximum atomic E-state index is 14.3. The van der Waals surface area contributed by atoms with Gasteiger partial charge in [0, 0.05) is 99.7 Å². The number of nitrogens with zero attached hydrogens (tertiary/aromatic N) is 13. The van der Waals surface area contributed by atoms with Gasteiger partial charge in [0.25, 0.3) is 0 Å². The number of carbonyl (C=O) groups is 2. The highest BCUT2D eigenvalue weighted by atomic mass is 35.5. The molecule has 4 aromatic carbocycles. The number of carbonyl (C=O) groups excluding carboxylic acids is 2. The number of anilines is 3. The zero-order valence-corrected chi connectivity index (χ0v) is 44.4. The number of fused-ring (bicyclic) bond motifs is 2. The number of benzene rings is 4. The van der Waals surface area contributed by atoms with E-state index in [-0.39, 0.29) is 41.5 Å². The number of imidazole rings is 2. The second kappa shape index (κ2) is 24.7. The summed E-state index contributed by atoms with van der Waals surface area (Å²) in [5.74, 6) is -0.423. The van der Waals surface area contributed by atoms with Crippen LogP contribution in [0.2, 0.25) is 0 Å². The number of piperazine rings is 2. The van der Waals surface area contributed by atoms with E-state index in [1.165, 1.54) is 19.2 Å². The van der Waals surface area contributed by atoms with Crippen LogP contribution >= 0.6 is 11.6 Å². The van der Waals surface area contributed by atoms with Crippen molar-refractivity contribution in [2.45, 2.75) is 26.2 Å². The van der Waals surface area contributed by atoms with Crippen LogP contribution < -0.4 is 25.7 Å². The number of aromatic nitrogens is 7. The minimum Gasteiger partial charge on any atom is -0.497 e. The Morgan fingerprint density at radius 1 is 0.738 bits per heavy atom. The van der Waals surface area contributed by atoms with Crippen molar-refractivity contribution >= 4 is 63.5 Å². The third kappa shape index (κ3) is 12.9. The molecule has 3 N–H and O–H groups in total. The lowest BCUT2D eigenvalue weighted by Crippen LogP contribution is -2.50. The number of ether oxygens (including phenoxy) is 1. The number of nitrogens with one attached hydrogen (secondary N) is 3. The van der Waals surface area contributed by atoms with Crippen molar-refractivity contribution in [3.8, 4) is 17.1 Å². The summed E-state index contributed by atoms with van der Waals surface area (Å²) in [7, 11) is 1.33. The zero-order valence-electron chi connectivity index (χ0n) is 43.6. The van der Waals surface area contributed by atoms with Crippen LogP contribution in [0.15, 0.2) is 150 Å². The molecule has 19 nitrogen and oxygen atoms in total. The fourth-order valence-corrected chi connectivity index (χ4v) is 9.42. The summed E-state index contributed by atoms with van der Waals surface area (Å²) < 4.78 is 66.3. The second-order valence-corrected chi connectivity index (χ2v) is 19.2. The Morgan fingerprint density at radius 2 is 1.34 bits per heavy atom. The monoisotopic (exact) mass is 1110 g/mol. The highest BCUT2D eigenvalue weighted by molar-refractivity contribution is 6.65.